The lowest BCUT2D eigenvalue weighted by Crippen LogP contribution is -2.32. The summed E-state index contributed by atoms with van der Waals surface area (Å²) in [5.74, 6) is -0.583. The van der Waals surface area contributed by atoms with Crippen LogP contribution >= 0.6 is 0 Å². The Bertz CT molecular complexity index is 1660. The lowest BCUT2D eigenvalue weighted by atomic mass is 9.72. The molecule has 0 amide bonds. The first-order valence-electron chi connectivity index (χ1n) is 20.3. The van der Waals surface area contributed by atoms with Crippen molar-refractivity contribution in [2.24, 2.45) is 0 Å². The number of hydrogen-bond acceptors (Lipinski definition) is 7. The Kier molecular flexibility index (Phi) is 15.4. The molecule has 0 fully saturated rings. The molecule has 0 bridgehead atoms. The lowest BCUT2D eigenvalue weighted by Gasteiger charge is -2.32. The summed E-state index contributed by atoms with van der Waals surface area (Å²) in [6, 6.07) is 21.7. The van der Waals surface area contributed by atoms with E-state index in [0.29, 0.717) is 25.7 Å². The Balaban J connectivity index is 1.73. The maximum atomic E-state index is 14.0. The number of ether oxygens (including phenoxy) is 1. The summed E-state index contributed by atoms with van der Waals surface area (Å²) in [5, 5.41) is 42.9. The van der Waals surface area contributed by atoms with Crippen molar-refractivity contribution in [3.8, 4) is 23.0 Å². The number of aryl methyl sites for hydroxylation is 4. The Hall–Kier alpha value is -4.78. The number of esters is 2. The molecule has 4 aromatic carbocycles. The molecule has 0 aliphatic heterocycles. The molecule has 0 spiro atoms. The van der Waals surface area contributed by atoms with Gasteiger partial charge < -0.3 is 25.2 Å². The van der Waals surface area contributed by atoms with Crippen LogP contribution in [0.5, 0.6) is 23.0 Å². The van der Waals surface area contributed by atoms with Gasteiger partial charge in [-0.3, -0.25) is 9.59 Å². The van der Waals surface area contributed by atoms with Crippen molar-refractivity contribution >= 4 is 11.9 Å². The number of phenols is 4. The van der Waals surface area contributed by atoms with Crippen LogP contribution < -0.4 is 0 Å². The van der Waals surface area contributed by atoms with E-state index in [4.69, 9.17) is 4.74 Å². The third-order valence-corrected chi connectivity index (χ3v) is 11.3. The number of hydrogen-bond donors (Lipinski definition) is 4. The highest BCUT2D eigenvalue weighted by Crippen LogP contribution is 2.42. The molecule has 0 saturated carbocycles. The standard InChI is InChI=1S/C48H62O7/c1-7-11-15-33-27-37(19-23-41(33)49)47(5,38-20-24-42(50)34(28-38)16-12-8-2)31-45(53)55-46(54)32-48(6,39-21-25-43(51)35(29-39)17-13-9-3)40-22-26-44(52)36(30-40)18-14-10-4/h19-30,49-52H,7-18,31-32H2,1-6H3. The summed E-state index contributed by atoms with van der Waals surface area (Å²) in [6.45, 7) is 12.3. The highest BCUT2D eigenvalue weighted by molar-refractivity contribution is 5.87. The molecule has 296 valence electrons. The molecular formula is C48H62O7. The van der Waals surface area contributed by atoms with Gasteiger partial charge in [-0.2, -0.15) is 0 Å². The fourth-order valence-electron chi connectivity index (χ4n) is 7.50. The van der Waals surface area contributed by atoms with Crippen LogP contribution in [-0.2, 0) is 50.8 Å². The van der Waals surface area contributed by atoms with Gasteiger partial charge in [-0.1, -0.05) is 116 Å². The van der Waals surface area contributed by atoms with Gasteiger partial charge in [0.2, 0.25) is 0 Å². The van der Waals surface area contributed by atoms with Crippen molar-refractivity contribution in [1.29, 1.82) is 0 Å². The molecular weight excluding hydrogens is 689 g/mol. The minimum absolute atomic E-state index is 0.161. The Labute approximate surface area is 328 Å². The summed E-state index contributed by atoms with van der Waals surface area (Å²) >= 11 is 0. The SMILES string of the molecule is CCCCc1cc(C(C)(CC(=O)OC(=O)CC(C)(c2ccc(O)c(CCCC)c2)c2ccc(O)c(CCCC)c2)c2ccc(O)c(CCCC)c2)ccc1O. The molecule has 4 aromatic rings. The zero-order chi connectivity index (χ0) is 40.2. The first-order valence-corrected chi connectivity index (χ1v) is 20.3. The molecule has 0 atom stereocenters. The Morgan fingerprint density at radius 3 is 0.909 bits per heavy atom. The molecule has 7 nitrogen and oxygen atoms in total. The third-order valence-electron chi connectivity index (χ3n) is 11.3. The van der Waals surface area contributed by atoms with Gasteiger partial charge >= 0.3 is 11.9 Å². The molecule has 4 N–H and O–H groups in total. The maximum absolute atomic E-state index is 14.0. The third kappa shape index (κ3) is 10.7. The minimum Gasteiger partial charge on any atom is -0.508 e. The molecule has 0 saturated heterocycles. The largest absolute Gasteiger partial charge is 0.508 e. The van der Waals surface area contributed by atoms with Crippen LogP contribution in [0.4, 0.5) is 0 Å². The summed E-state index contributed by atoms with van der Waals surface area (Å²) in [4.78, 5) is 28.1. The normalized spacial score (nSPS) is 11.8. The topological polar surface area (TPSA) is 124 Å². The average molecular weight is 751 g/mol. The van der Waals surface area contributed by atoms with Crippen molar-refractivity contribution in [3.63, 3.8) is 0 Å². The average Bonchev–Trinajstić information content (AvgIpc) is 3.16. The highest BCUT2D eigenvalue weighted by atomic mass is 16.6. The van der Waals surface area contributed by atoms with Crippen molar-refractivity contribution < 1.29 is 34.8 Å². The number of rotatable bonds is 20. The van der Waals surface area contributed by atoms with E-state index >= 15 is 0 Å². The van der Waals surface area contributed by atoms with E-state index in [2.05, 4.69) is 27.7 Å². The van der Waals surface area contributed by atoms with Gasteiger partial charge in [0.1, 0.15) is 23.0 Å². The molecule has 0 aliphatic carbocycles. The summed E-state index contributed by atoms with van der Waals surface area (Å²) in [5.41, 5.74) is 4.42. The number of unbranched alkanes of at least 4 members (excludes halogenated alkanes) is 4. The summed E-state index contributed by atoms with van der Waals surface area (Å²) in [6.07, 6.45) is 9.82. The van der Waals surface area contributed by atoms with Crippen molar-refractivity contribution in [1.82, 2.24) is 0 Å². The predicted octanol–water partition coefficient (Wildman–Crippen LogP) is 11.0. The molecule has 55 heavy (non-hydrogen) atoms. The molecule has 0 aliphatic rings. The van der Waals surface area contributed by atoms with Crippen LogP contribution in [0.25, 0.3) is 0 Å². The second-order valence-electron chi connectivity index (χ2n) is 15.7. The van der Waals surface area contributed by atoms with E-state index in [-0.39, 0.29) is 35.8 Å². The van der Waals surface area contributed by atoms with E-state index in [1.807, 2.05) is 62.4 Å². The van der Waals surface area contributed by atoms with Gasteiger partial charge in [0.05, 0.1) is 12.8 Å². The first-order chi connectivity index (χ1) is 26.3. The van der Waals surface area contributed by atoms with E-state index in [9.17, 15) is 30.0 Å². The van der Waals surface area contributed by atoms with Gasteiger partial charge in [-0.25, -0.2) is 0 Å². The second kappa shape index (κ2) is 19.7. The van der Waals surface area contributed by atoms with Gasteiger partial charge in [0.25, 0.3) is 0 Å². The van der Waals surface area contributed by atoms with Crippen LogP contribution in [0, 0.1) is 0 Å². The summed E-state index contributed by atoms with van der Waals surface area (Å²) in [7, 11) is 0. The van der Waals surface area contributed by atoms with Gasteiger partial charge in [0, 0.05) is 10.8 Å². The van der Waals surface area contributed by atoms with Gasteiger partial charge in [-0.05, 0) is 120 Å². The Morgan fingerprint density at radius 1 is 0.455 bits per heavy atom. The number of phenolic OH excluding ortho intramolecular Hbond substituents is 4. The Morgan fingerprint density at radius 2 is 0.691 bits per heavy atom. The zero-order valence-electron chi connectivity index (χ0n) is 33.8. The summed E-state index contributed by atoms with van der Waals surface area (Å²) < 4.78 is 5.73. The molecule has 4 rings (SSSR count). The fourth-order valence-corrected chi connectivity index (χ4v) is 7.50. The maximum Gasteiger partial charge on any atom is 0.314 e. The second-order valence-corrected chi connectivity index (χ2v) is 15.7. The lowest BCUT2D eigenvalue weighted by molar-refractivity contribution is -0.160. The molecule has 7 heteroatoms. The molecule has 0 heterocycles. The quantitative estimate of drug-likeness (QED) is 0.0523. The monoisotopic (exact) mass is 750 g/mol. The number of carbonyl (C=O) groups excluding carboxylic acids is 2. The van der Waals surface area contributed by atoms with E-state index < -0.39 is 22.8 Å². The van der Waals surface area contributed by atoms with E-state index in [1.165, 1.54) is 0 Å². The zero-order valence-corrected chi connectivity index (χ0v) is 33.8. The molecule has 0 aromatic heterocycles. The van der Waals surface area contributed by atoms with Crippen LogP contribution in [0.3, 0.4) is 0 Å². The van der Waals surface area contributed by atoms with Crippen LogP contribution in [-0.4, -0.2) is 32.4 Å². The van der Waals surface area contributed by atoms with Crippen molar-refractivity contribution in [2.45, 2.75) is 142 Å². The smallest absolute Gasteiger partial charge is 0.314 e. The van der Waals surface area contributed by atoms with Crippen LogP contribution in [0.15, 0.2) is 72.8 Å². The van der Waals surface area contributed by atoms with Crippen molar-refractivity contribution in [2.75, 3.05) is 0 Å². The number of carbonyl (C=O) groups is 2. The first kappa shape index (κ1) is 43.0. The van der Waals surface area contributed by atoms with Crippen LogP contribution in [0.2, 0.25) is 0 Å². The van der Waals surface area contributed by atoms with Crippen molar-refractivity contribution in [3.05, 3.63) is 117 Å². The number of aromatic hydroxyl groups is 4. The van der Waals surface area contributed by atoms with Gasteiger partial charge in [-0.15, -0.1) is 0 Å². The highest BCUT2D eigenvalue weighted by Gasteiger charge is 2.37. The fraction of sp³-hybridized carbons (Fsp3) is 0.458. The molecule has 0 radical (unpaired) electrons. The minimum atomic E-state index is -0.958. The van der Waals surface area contributed by atoms with E-state index in [1.54, 1.807) is 24.3 Å². The van der Waals surface area contributed by atoms with E-state index in [0.717, 1.165) is 95.9 Å². The molecule has 0 unspecified atom stereocenters. The predicted molar refractivity (Wildman–Crippen MR) is 220 cm³/mol. The van der Waals surface area contributed by atoms with Gasteiger partial charge in [0.15, 0.2) is 0 Å². The number of benzene rings is 4. The van der Waals surface area contributed by atoms with Crippen LogP contribution in [0.1, 0.15) is 150 Å².